The molecule has 2 unspecified atom stereocenters. The zero-order chi connectivity index (χ0) is 11.8. The van der Waals surface area contributed by atoms with Gasteiger partial charge in [0.1, 0.15) is 5.78 Å². The number of hydrogen-bond acceptors (Lipinski definition) is 3. The number of aliphatic hydroxyl groups is 1. The second-order valence-electron chi connectivity index (χ2n) is 4.72. The minimum Gasteiger partial charge on any atom is -0.394 e. The summed E-state index contributed by atoms with van der Waals surface area (Å²) in [6, 6.07) is 0. The number of aliphatic hydroxyl groups excluding tert-OH is 1. The molecular formula is C13H24O3. The maximum atomic E-state index is 11.7. The van der Waals surface area contributed by atoms with Crippen LogP contribution < -0.4 is 0 Å². The fourth-order valence-corrected chi connectivity index (χ4v) is 2.54. The Kier molecular flexibility index (Phi) is 6.65. The van der Waals surface area contributed by atoms with Crippen LogP contribution >= 0.6 is 0 Å². The molecule has 1 saturated carbocycles. The second-order valence-corrected chi connectivity index (χ2v) is 4.72. The molecule has 94 valence electrons. The van der Waals surface area contributed by atoms with Gasteiger partial charge in [0.05, 0.1) is 13.2 Å². The van der Waals surface area contributed by atoms with E-state index < -0.39 is 0 Å². The first-order chi connectivity index (χ1) is 7.77. The van der Waals surface area contributed by atoms with Gasteiger partial charge < -0.3 is 9.84 Å². The number of carbonyl (C=O) groups excluding carboxylic acids is 1. The molecule has 0 saturated heterocycles. The number of ketones is 1. The van der Waals surface area contributed by atoms with Crippen molar-refractivity contribution in [2.75, 3.05) is 19.8 Å². The molecule has 3 nitrogen and oxygen atoms in total. The third-order valence-electron chi connectivity index (χ3n) is 3.42. The van der Waals surface area contributed by atoms with Gasteiger partial charge in [0.25, 0.3) is 0 Å². The second kappa shape index (κ2) is 7.80. The highest BCUT2D eigenvalue weighted by molar-refractivity contribution is 5.81. The molecule has 1 fully saturated rings. The van der Waals surface area contributed by atoms with Crippen LogP contribution in [0.15, 0.2) is 0 Å². The van der Waals surface area contributed by atoms with E-state index in [0.29, 0.717) is 19.0 Å². The molecule has 0 aromatic rings. The SMILES string of the molecule is CCCC1CCC(=O)C(CCOCCO)C1. The molecule has 0 radical (unpaired) electrons. The van der Waals surface area contributed by atoms with Crippen LogP contribution in [0, 0.1) is 11.8 Å². The fraction of sp³-hybridized carbons (Fsp3) is 0.923. The minimum absolute atomic E-state index is 0.0665. The lowest BCUT2D eigenvalue weighted by Crippen LogP contribution is -2.26. The molecule has 0 aromatic carbocycles. The quantitative estimate of drug-likeness (QED) is 0.679. The minimum atomic E-state index is 0.0665. The van der Waals surface area contributed by atoms with Crippen molar-refractivity contribution in [3.05, 3.63) is 0 Å². The predicted octanol–water partition coefficient (Wildman–Crippen LogP) is 2.17. The van der Waals surface area contributed by atoms with Crippen molar-refractivity contribution < 1.29 is 14.6 Å². The zero-order valence-electron chi connectivity index (χ0n) is 10.3. The first-order valence-electron chi connectivity index (χ1n) is 6.49. The van der Waals surface area contributed by atoms with E-state index in [9.17, 15) is 4.79 Å². The maximum absolute atomic E-state index is 11.7. The number of ether oxygens (including phenoxy) is 1. The summed E-state index contributed by atoms with van der Waals surface area (Å²) in [5.41, 5.74) is 0. The molecule has 16 heavy (non-hydrogen) atoms. The maximum Gasteiger partial charge on any atom is 0.136 e. The standard InChI is InChI=1S/C13H24O3/c1-2-3-11-4-5-13(15)12(10-11)6-8-16-9-7-14/h11-12,14H,2-10H2,1H3. The molecule has 0 aromatic heterocycles. The van der Waals surface area contributed by atoms with Crippen molar-refractivity contribution in [1.29, 1.82) is 0 Å². The average Bonchev–Trinajstić information content (AvgIpc) is 2.29. The van der Waals surface area contributed by atoms with Crippen LogP contribution in [0.1, 0.15) is 45.4 Å². The molecule has 3 heteroatoms. The van der Waals surface area contributed by atoms with E-state index in [4.69, 9.17) is 9.84 Å². The Bertz CT molecular complexity index is 203. The van der Waals surface area contributed by atoms with E-state index in [1.165, 1.54) is 12.8 Å². The third kappa shape index (κ3) is 4.62. The topological polar surface area (TPSA) is 46.5 Å². The van der Waals surface area contributed by atoms with Crippen molar-refractivity contribution in [2.45, 2.75) is 45.4 Å². The summed E-state index contributed by atoms with van der Waals surface area (Å²) in [4.78, 5) is 11.7. The molecule has 0 spiro atoms. The molecule has 0 heterocycles. The van der Waals surface area contributed by atoms with Crippen LogP contribution in [-0.4, -0.2) is 30.7 Å². The van der Waals surface area contributed by atoms with Crippen LogP contribution in [0.2, 0.25) is 0 Å². The predicted molar refractivity (Wildman–Crippen MR) is 63.3 cm³/mol. The van der Waals surface area contributed by atoms with Gasteiger partial charge in [-0.25, -0.2) is 0 Å². The molecule has 0 aliphatic heterocycles. The van der Waals surface area contributed by atoms with Crippen molar-refractivity contribution in [3.8, 4) is 0 Å². The Labute approximate surface area is 98.2 Å². The Hall–Kier alpha value is -0.410. The first kappa shape index (κ1) is 13.7. The lowest BCUT2D eigenvalue weighted by Gasteiger charge is -2.27. The van der Waals surface area contributed by atoms with Crippen LogP contribution in [0.25, 0.3) is 0 Å². The van der Waals surface area contributed by atoms with Gasteiger partial charge in [0, 0.05) is 18.9 Å². The Morgan fingerprint density at radius 3 is 2.88 bits per heavy atom. The van der Waals surface area contributed by atoms with E-state index in [-0.39, 0.29) is 12.5 Å². The normalized spacial score (nSPS) is 26.0. The monoisotopic (exact) mass is 228 g/mol. The van der Waals surface area contributed by atoms with Gasteiger partial charge in [-0.2, -0.15) is 0 Å². The van der Waals surface area contributed by atoms with Crippen LogP contribution in [0.5, 0.6) is 0 Å². The number of carbonyl (C=O) groups is 1. The average molecular weight is 228 g/mol. The first-order valence-corrected chi connectivity index (χ1v) is 6.49. The molecule has 1 rings (SSSR count). The Balaban J connectivity index is 2.23. The third-order valence-corrected chi connectivity index (χ3v) is 3.42. The molecule has 1 aliphatic rings. The van der Waals surface area contributed by atoms with Crippen molar-refractivity contribution in [1.82, 2.24) is 0 Å². The molecule has 0 amide bonds. The summed E-state index contributed by atoms with van der Waals surface area (Å²) < 4.78 is 5.23. The van der Waals surface area contributed by atoms with Gasteiger partial charge in [0.15, 0.2) is 0 Å². The van der Waals surface area contributed by atoms with Gasteiger partial charge in [-0.15, -0.1) is 0 Å². The van der Waals surface area contributed by atoms with Crippen molar-refractivity contribution in [3.63, 3.8) is 0 Å². The zero-order valence-corrected chi connectivity index (χ0v) is 10.3. The highest BCUT2D eigenvalue weighted by Gasteiger charge is 2.27. The number of rotatable bonds is 7. The van der Waals surface area contributed by atoms with E-state index in [1.807, 2.05) is 0 Å². The Morgan fingerprint density at radius 2 is 2.19 bits per heavy atom. The summed E-state index contributed by atoms with van der Waals surface area (Å²) in [6.07, 6.45) is 6.19. The lowest BCUT2D eigenvalue weighted by atomic mass is 9.77. The number of Topliss-reactive ketones (excluding diaryl/α,β-unsaturated/α-hetero) is 1. The lowest BCUT2D eigenvalue weighted by molar-refractivity contribution is -0.126. The summed E-state index contributed by atoms with van der Waals surface area (Å²) >= 11 is 0. The Morgan fingerprint density at radius 1 is 1.38 bits per heavy atom. The fourth-order valence-electron chi connectivity index (χ4n) is 2.54. The van der Waals surface area contributed by atoms with E-state index in [2.05, 4.69) is 6.92 Å². The molecule has 0 bridgehead atoms. The summed E-state index contributed by atoms with van der Waals surface area (Å²) in [7, 11) is 0. The van der Waals surface area contributed by atoms with E-state index in [1.54, 1.807) is 0 Å². The van der Waals surface area contributed by atoms with Gasteiger partial charge in [-0.1, -0.05) is 19.8 Å². The number of hydrogen-bond donors (Lipinski definition) is 1. The van der Waals surface area contributed by atoms with Crippen LogP contribution in [-0.2, 0) is 9.53 Å². The smallest absolute Gasteiger partial charge is 0.136 e. The van der Waals surface area contributed by atoms with Crippen molar-refractivity contribution >= 4 is 5.78 Å². The highest BCUT2D eigenvalue weighted by Crippen LogP contribution is 2.31. The van der Waals surface area contributed by atoms with Crippen LogP contribution in [0.4, 0.5) is 0 Å². The highest BCUT2D eigenvalue weighted by atomic mass is 16.5. The van der Waals surface area contributed by atoms with E-state index >= 15 is 0 Å². The molecule has 2 atom stereocenters. The van der Waals surface area contributed by atoms with Crippen molar-refractivity contribution in [2.24, 2.45) is 11.8 Å². The van der Waals surface area contributed by atoms with Gasteiger partial charge >= 0.3 is 0 Å². The summed E-state index contributed by atoms with van der Waals surface area (Å²) in [6.45, 7) is 3.27. The molecule has 1 N–H and O–H groups in total. The molecular weight excluding hydrogens is 204 g/mol. The van der Waals surface area contributed by atoms with Gasteiger partial charge in [0.2, 0.25) is 0 Å². The molecule has 1 aliphatic carbocycles. The largest absolute Gasteiger partial charge is 0.394 e. The summed E-state index contributed by atoms with van der Waals surface area (Å²) in [5.74, 6) is 1.37. The van der Waals surface area contributed by atoms with Gasteiger partial charge in [-0.3, -0.25) is 4.79 Å². The van der Waals surface area contributed by atoms with Gasteiger partial charge in [-0.05, 0) is 25.2 Å². The van der Waals surface area contributed by atoms with E-state index in [0.717, 1.165) is 31.6 Å². The summed E-state index contributed by atoms with van der Waals surface area (Å²) in [5, 5.41) is 8.58. The van der Waals surface area contributed by atoms with Crippen LogP contribution in [0.3, 0.4) is 0 Å².